The van der Waals surface area contributed by atoms with E-state index in [0.717, 1.165) is 0 Å². The fourth-order valence-electron chi connectivity index (χ4n) is 2.86. The first-order chi connectivity index (χ1) is 11.8. The Morgan fingerprint density at radius 2 is 1.52 bits per heavy atom. The summed E-state index contributed by atoms with van der Waals surface area (Å²) in [5, 5.41) is 59.4. The van der Waals surface area contributed by atoms with Crippen molar-refractivity contribution in [2.75, 3.05) is 13.2 Å². The van der Waals surface area contributed by atoms with E-state index < -0.39 is 68.0 Å². The van der Waals surface area contributed by atoms with Crippen LogP contribution in [-0.4, -0.2) is 105 Å². The van der Waals surface area contributed by atoms with E-state index in [2.05, 4.69) is 0 Å². The second-order valence-electron chi connectivity index (χ2n) is 6.36. The third-order valence-electron chi connectivity index (χ3n) is 4.41. The Labute approximate surface area is 145 Å². The van der Waals surface area contributed by atoms with Gasteiger partial charge < -0.3 is 49.6 Å². The van der Waals surface area contributed by atoms with Gasteiger partial charge in [0.15, 0.2) is 12.6 Å². The molecule has 0 amide bonds. The predicted molar refractivity (Wildman–Crippen MR) is 81.2 cm³/mol. The number of hydrogen-bond acceptors (Lipinski definition) is 10. The highest BCUT2D eigenvalue weighted by Crippen LogP contribution is 2.29. The lowest BCUT2D eigenvalue weighted by molar-refractivity contribution is -0.357. The minimum Gasteiger partial charge on any atom is -0.394 e. The SMILES string of the molecule is CCCO[C@@H]1OC(C)[C@H](O)C(O[C@H]2O[C@@H](CO)[C@@H](O)C(O)C2O)[C@@H]1O. The first kappa shape index (κ1) is 20.9. The Morgan fingerprint density at radius 1 is 0.840 bits per heavy atom. The summed E-state index contributed by atoms with van der Waals surface area (Å²) in [4.78, 5) is 0. The van der Waals surface area contributed by atoms with Crippen molar-refractivity contribution < 1.29 is 49.6 Å². The van der Waals surface area contributed by atoms with Gasteiger partial charge in [-0.1, -0.05) is 6.92 Å². The lowest BCUT2D eigenvalue weighted by Crippen LogP contribution is -2.64. The lowest BCUT2D eigenvalue weighted by atomic mass is 9.97. The van der Waals surface area contributed by atoms with Crippen LogP contribution in [0.3, 0.4) is 0 Å². The molecule has 10 nitrogen and oxygen atoms in total. The van der Waals surface area contributed by atoms with Crippen LogP contribution in [-0.2, 0) is 18.9 Å². The van der Waals surface area contributed by atoms with E-state index in [1.807, 2.05) is 6.92 Å². The minimum atomic E-state index is -1.63. The highest BCUT2D eigenvalue weighted by Gasteiger charge is 2.50. The van der Waals surface area contributed by atoms with Gasteiger partial charge in [0.1, 0.15) is 42.7 Å². The standard InChI is InChI=1S/C15H28O10/c1-3-4-22-14-12(21)13(8(17)6(2)23-14)25-15-11(20)10(19)9(18)7(5-16)24-15/h6-21H,3-5H2,1-2H3/t6?,7-,8-,9+,10?,11?,12-,13?,14+,15+/m0/s1. The molecule has 2 saturated heterocycles. The van der Waals surface area contributed by atoms with Crippen LogP contribution < -0.4 is 0 Å². The number of rotatable bonds is 6. The number of ether oxygens (including phenoxy) is 4. The van der Waals surface area contributed by atoms with Crippen LogP contribution in [0.5, 0.6) is 0 Å². The molecule has 2 heterocycles. The Balaban J connectivity index is 2.09. The molecule has 6 N–H and O–H groups in total. The van der Waals surface area contributed by atoms with Gasteiger partial charge in [0, 0.05) is 6.61 Å². The van der Waals surface area contributed by atoms with E-state index in [9.17, 15) is 30.6 Å². The van der Waals surface area contributed by atoms with E-state index in [1.165, 1.54) is 0 Å². The topological polar surface area (TPSA) is 158 Å². The number of hydrogen-bond donors (Lipinski definition) is 6. The van der Waals surface area contributed by atoms with Crippen molar-refractivity contribution in [2.45, 2.75) is 81.7 Å². The van der Waals surface area contributed by atoms with Gasteiger partial charge in [0.05, 0.1) is 12.7 Å². The summed E-state index contributed by atoms with van der Waals surface area (Å²) in [5.74, 6) is 0. The van der Waals surface area contributed by atoms with Gasteiger partial charge in [-0.3, -0.25) is 0 Å². The van der Waals surface area contributed by atoms with Crippen LogP contribution in [0.25, 0.3) is 0 Å². The van der Waals surface area contributed by atoms with Crippen molar-refractivity contribution in [3.63, 3.8) is 0 Å². The molecule has 10 atom stereocenters. The zero-order chi connectivity index (χ0) is 18.7. The molecule has 0 saturated carbocycles. The fourth-order valence-corrected chi connectivity index (χ4v) is 2.86. The van der Waals surface area contributed by atoms with Crippen LogP contribution in [0.4, 0.5) is 0 Å². The summed E-state index contributed by atoms with van der Waals surface area (Å²) in [7, 11) is 0. The van der Waals surface area contributed by atoms with E-state index in [0.29, 0.717) is 13.0 Å². The molecule has 0 radical (unpaired) electrons. The summed E-state index contributed by atoms with van der Waals surface area (Å²) >= 11 is 0. The molecule has 0 aromatic carbocycles. The molecule has 0 aromatic rings. The van der Waals surface area contributed by atoms with Crippen molar-refractivity contribution in [1.82, 2.24) is 0 Å². The van der Waals surface area contributed by atoms with E-state index >= 15 is 0 Å². The molecule has 2 fully saturated rings. The normalized spacial score (nSPS) is 48.5. The summed E-state index contributed by atoms with van der Waals surface area (Å²) in [6.07, 6.45) is -12.3. The zero-order valence-corrected chi connectivity index (χ0v) is 14.2. The Morgan fingerprint density at radius 3 is 2.12 bits per heavy atom. The molecule has 10 heteroatoms. The van der Waals surface area contributed by atoms with Crippen molar-refractivity contribution >= 4 is 0 Å². The second-order valence-corrected chi connectivity index (χ2v) is 6.36. The second kappa shape index (κ2) is 9.00. The van der Waals surface area contributed by atoms with Gasteiger partial charge >= 0.3 is 0 Å². The molecule has 0 aromatic heterocycles. The lowest BCUT2D eigenvalue weighted by Gasteiger charge is -2.45. The maximum Gasteiger partial charge on any atom is 0.187 e. The van der Waals surface area contributed by atoms with Crippen LogP contribution in [0.15, 0.2) is 0 Å². The summed E-state index contributed by atoms with van der Waals surface area (Å²) in [6, 6.07) is 0. The first-order valence-corrected chi connectivity index (χ1v) is 8.41. The van der Waals surface area contributed by atoms with E-state index in [-0.39, 0.29) is 0 Å². The highest BCUT2D eigenvalue weighted by atomic mass is 16.7. The largest absolute Gasteiger partial charge is 0.394 e. The summed E-state index contributed by atoms with van der Waals surface area (Å²) < 4.78 is 21.5. The predicted octanol–water partition coefficient (Wildman–Crippen LogP) is -2.94. The molecule has 0 aliphatic carbocycles. The van der Waals surface area contributed by atoms with Crippen molar-refractivity contribution in [3.8, 4) is 0 Å². The van der Waals surface area contributed by atoms with Gasteiger partial charge in [0.2, 0.25) is 0 Å². The Kier molecular flexibility index (Phi) is 7.52. The van der Waals surface area contributed by atoms with Crippen molar-refractivity contribution in [2.24, 2.45) is 0 Å². The van der Waals surface area contributed by atoms with Gasteiger partial charge in [0.25, 0.3) is 0 Å². The summed E-state index contributed by atoms with van der Waals surface area (Å²) in [6.45, 7) is 3.18. The molecule has 2 aliphatic heterocycles. The first-order valence-electron chi connectivity index (χ1n) is 8.41. The molecule has 25 heavy (non-hydrogen) atoms. The van der Waals surface area contributed by atoms with Gasteiger partial charge in [-0.25, -0.2) is 0 Å². The highest BCUT2D eigenvalue weighted by molar-refractivity contribution is 4.93. The average molecular weight is 368 g/mol. The minimum absolute atomic E-state index is 0.331. The molecule has 2 rings (SSSR count). The van der Waals surface area contributed by atoms with E-state index in [1.54, 1.807) is 6.92 Å². The third kappa shape index (κ3) is 4.48. The van der Waals surface area contributed by atoms with Crippen LogP contribution in [0, 0.1) is 0 Å². The number of aliphatic hydroxyl groups excluding tert-OH is 6. The molecular weight excluding hydrogens is 340 g/mol. The molecule has 0 spiro atoms. The van der Waals surface area contributed by atoms with Crippen LogP contribution in [0.2, 0.25) is 0 Å². The maximum atomic E-state index is 10.4. The maximum absolute atomic E-state index is 10.4. The van der Waals surface area contributed by atoms with Gasteiger partial charge in [-0.05, 0) is 13.3 Å². The molecular formula is C15H28O10. The fraction of sp³-hybridized carbons (Fsp3) is 1.00. The average Bonchev–Trinajstić information content (AvgIpc) is 2.60. The van der Waals surface area contributed by atoms with Gasteiger partial charge in [-0.15, -0.1) is 0 Å². The zero-order valence-electron chi connectivity index (χ0n) is 14.2. The van der Waals surface area contributed by atoms with Crippen molar-refractivity contribution in [1.29, 1.82) is 0 Å². The quantitative estimate of drug-likeness (QED) is 0.286. The smallest absolute Gasteiger partial charge is 0.187 e. The molecule has 148 valence electrons. The summed E-state index contributed by atoms with van der Waals surface area (Å²) in [5.41, 5.74) is 0. The monoisotopic (exact) mass is 368 g/mol. The Hall–Kier alpha value is -0.400. The number of aliphatic hydroxyl groups is 6. The van der Waals surface area contributed by atoms with E-state index in [4.69, 9.17) is 18.9 Å². The molecule has 4 unspecified atom stereocenters. The molecule has 2 aliphatic rings. The molecule has 0 bridgehead atoms. The van der Waals surface area contributed by atoms with Crippen molar-refractivity contribution in [3.05, 3.63) is 0 Å². The van der Waals surface area contributed by atoms with Gasteiger partial charge in [-0.2, -0.15) is 0 Å². The Bertz CT molecular complexity index is 408. The third-order valence-corrected chi connectivity index (χ3v) is 4.41. The van der Waals surface area contributed by atoms with Crippen LogP contribution in [0.1, 0.15) is 20.3 Å². The van der Waals surface area contributed by atoms with Crippen LogP contribution >= 0.6 is 0 Å².